The summed E-state index contributed by atoms with van der Waals surface area (Å²) in [5, 5.41) is 0. The van der Waals surface area contributed by atoms with E-state index < -0.39 is 0 Å². The summed E-state index contributed by atoms with van der Waals surface area (Å²) >= 11 is 0. The van der Waals surface area contributed by atoms with Gasteiger partial charge in [0.25, 0.3) is 0 Å². The molecule has 1 aliphatic heterocycles. The number of rotatable bonds is 3. The summed E-state index contributed by atoms with van der Waals surface area (Å²) in [6.45, 7) is 13.1. The summed E-state index contributed by atoms with van der Waals surface area (Å²) in [5.74, 6) is 1.48. The molecule has 0 amide bonds. The van der Waals surface area contributed by atoms with Crippen LogP contribution < -0.4 is 0 Å². The summed E-state index contributed by atoms with van der Waals surface area (Å²) in [4.78, 5) is 14.1. The first-order chi connectivity index (χ1) is 10.5. The van der Waals surface area contributed by atoms with Crippen LogP contribution >= 0.6 is 0 Å². The van der Waals surface area contributed by atoms with E-state index in [4.69, 9.17) is 0 Å². The molecule has 0 radical (unpaired) electrons. The van der Waals surface area contributed by atoms with Gasteiger partial charge in [0.05, 0.1) is 11.9 Å². The number of hydrogen-bond acceptors (Lipinski definition) is 4. The number of fused-ring (bicyclic) bond motifs is 1. The van der Waals surface area contributed by atoms with Crippen LogP contribution in [0.15, 0.2) is 12.3 Å². The predicted octanol–water partition coefficient (Wildman–Crippen LogP) is 2.12. The zero-order chi connectivity index (χ0) is 15.9. The molecule has 0 unspecified atom stereocenters. The van der Waals surface area contributed by atoms with E-state index in [0.29, 0.717) is 12.0 Å². The third-order valence-electron chi connectivity index (χ3n) is 4.73. The SMILES string of the molecule is Cc1cc(C)n2c(CN3CCN(C)C[C@@H]3C(C)C)cnc2n1. The van der Waals surface area contributed by atoms with Gasteiger partial charge in [0, 0.05) is 43.6 Å². The Labute approximate surface area is 133 Å². The zero-order valence-electron chi connectivity index (χ0n) is 14.4. The Morgan fingerprint density at radius 3 is 2.77 bits per heavy atom. The lowest BCUT2D eigenvalue weighted by Crippen LogP contribution is -2.53. The average Bonchev–Trinajstić information content (AvgIpc) is 2.83. The molecular weight excluding hydrogens is 274 g/mol. The Morgan fingerprint density at radius 2 is 2.05 bits per heavy atom. The van der Waals surface area contributed by atoms with Crippen LogP contribution in [0.25, 0.3) is 5.78 Å². The maximum Gasteiger partial charge on any atom is 0.234 e. The van der Waals surface area contributed by atoms with Gasteiger partial charge in [0.15, 0.2) is 0 Å². The van der Waals surface area contributed by atoms with Gasteiger partial charge >= 0.3 is 0 Å². The van der Waals surface area contributed by atoms with Gasteiger partial charge in [-0.3, -0.25) is 9.30 Å². The number of aromatic nitrogens is 3. The smallest absolute Gasteiger partial charge is 0.234 e. The van der Waals surface area contributed by atoms with Crippen LogP contribution in [0.3, 0.4) is 0 Å². The van der Waals surface area contributed by atoms with Crippen LogP contribution in [-0.2, 0) is 6.54 Å². The molecule has 3 rings (SSSR count). The molecule has 1 fully saturated rings. The Kier molecular flexibility index (Phi) is 4.19. The molecule has 3 heterocycles. The lowest BCUT2D eigenvalue weighted by Gasteiger charge is -2.42. The molecule has 5 heteroatoms. The molecule has 2 aromatic heterocycles. The Balaban J connectivity index is 1.89. The number of likely N-dealkylation sites (N-methyl/N-ethyl adjacent to an activating group) is 1. The van der Waals surface area contributed by atoms with Crippen molar-refractivity contribution in [1.82, 2.24) is 24.2 Å². The van der Waals surface area contributed by atoms with Gasteiger partial charge in [0.2, 0.25) is 5.78 Å². The lowest BCUT2D eigenvalue weighted by molar-refractivity contribution is 0.0559. The van der Waals surface area contributed by atoms with Gasteiger partial charge in [-0.1, -0.05) is 13.8 Å². The van der Waals surface area contributed by atoms with E-state index >= 15 is 0 Å². The van der Waals surface area contributed by atoms with Crippen molar-refractivity contribution >= 4 is 5.78 Å². The van der Waals surface area contributed by atoms with Crippen LogP contribution in [0.4, 0.5) is 0 Å². The van der Waals surface area contributed by atoms with Crippen molar-refractivity contribution < 1.29 is 0 Å². The second-order valence-electron chi connectivity index (χ2n) is 6.97. The quantitative estimate of drug-likeness (QED) is 0.870. The third-order valence-corrected chi connectivity index (χ3v) is 4.73. The van der Waals surface area contributed by atoms with Crippen molar-refractivity contribution in [2.24, 2.45) is 5.92 Å². The van der Waals surface area contributed by atoms with Crippen LogP contribution in [-0.4, -0.2) is 56.9 Å². The number of piperazine rings is 1. The van der Waals surface area contributed by atoms with Gasteiger partial charge in [-0.2, -0.15) is 0 Å². The summed E-state index contributed by atoms with van der Waals surface area (Å²) in [6, 6.07) is 2.73. The van der Waals surface area contributed by atoms with Gasteiger partial charge in [0.1, 0.15) is 0 Å². The van der Waals surface area contributed by atoms with Gasteiger partial charge in [-0.15, -0.1) is 0 Å². The second-order valence-corrected chi connectivity index (χ2v) is 6.97. The minimum absolute atomic E-state index is 0.600. The molecule has 0 aliphatic carbocycles. The topological polar surface area (TPSA) is 36.7 Å². The van der Waals surface area contributed by atoms with E-state index in [2.05, 4.69) is 58.1 Å². The molecule has 0 spiro atoms. The van der Waals surface area contributed by atoms with E-state index in [0.717, 1.165) is 37.7 Å². The van der Waals surface area contributed by atoms with E-state index in [1.807, 2.05) is 13.1 Å². The molecule has 0 aromatic carbocycles. The molecule has 5 nitrogen and oxygen atoms in total. The summed E-state index contributed by atoms with van der Waals surface area (Å²) in [7, 11) is 2.22. The fourth-order valence-electron chi connectivity index (χ4n) is 3.54. The highest BCUT2D eigenvalue weighted by Crippen LogP contribution is 2.20. The summed E-state index contributed by atoms with van der Waals surface area (Å²) < 4.78 is 2.20. The third kappa shape index (κ3) is 2.88. The van der Waals surface area contributed by atoms with Crippen LogP contribution in [0.1, 0.15) is 30.9 Å². The number of aryl methyl sites for hydroxylation is 2. The molecule has 1 atom stereocenters. The largest absolute Gasteiger partial charge is 0.304 e. The molecule has 120 valence electrons. The monoisotopic (exact) mass is 301 g/mol. The van der Waals surface area contributed by atoms with Crippen molar-refractivity contribution in [3.05, 3.63) is 29.3 Å². The molecular formula is C17H27N5. The van der Waals surface area contributed by atoms with Crippen molar-refractivity contribution in [2.75, 3.05) is 26.7 Å². The molecule has 2 aromatic rings. The van der Waals surface area contributed by atoms with E-state index in [9.17, 15) is 0 Å². The average molecular weight is 301 g/mol. The molecule has 1 aliphatic rings. The summed E-state index contributed by atoms with van der Waals surface area (Å²) in [5.41, 5.74) is 3.49. The lowest BCUT2D eigenvalue weighted by atomic mass is 9.99. The van der Waals surface area contributed by atoms with Crippen molar-refractivity contribution in [2.45, 2.75) is 40.3 Å². The number of nitrogens with zero attached hydrogens (tertiary/aromatic N) is 5. The maximum atomic E-state index is 4.54. The predicted molar refractivity (Wildman–Crippen MR) is 89.0 cm³/mol. The minimum atomic E-state index is 0.600. The van der Waals surface area contributed by atoms with Crippen LogP contribution in [0.2, 0.25) is 0 Å². The number of hydrogen-bond donors (Lipinski definition) is 0. The Hall–Kier alpha value is -1.46. The first kappa shape index (κ1) is 15.4. The maximum absolute atomic E-state index is 4.54. The highest BCUT2D eigenvalue weighted by molar-refractivity contribution is 5.35. The van der Waals surface area contributed by atoms with Crippen molar-refractivity contribution in [3.63, 3.8) is 0 Å². The minimum Gasteiger partial charge on any atom is -0.304 e. The molecule has 1 saturated heterocycles. The van der Waals surface area contributed by atoms with E-state index in [1.54, 1.807) is 0 Å². The van der Waals surface area contributed by atoms with Gasteiger partial charge in [-0.25, -0.2) is 9.97 Å². The molecule has 0 N–H and O–H groups in total. The van der Waals surface area contributed by atoms with E-state index in [1.165, 1.54) is 11.4 Å². The van der Waals surface area contributed by atoms with E-state index in [-0.39, 0.29) is 0 Å². The highest BCUT2D eigenvalue weighted by Gasteiger charge is 2.28. The molecule has 0 saturated carbocycles. The standard InChI is InChI=1S/C17H27N5/c1-12(2)16-11-20(5)6-7-21(16)10-15-9-18-17-19-13(3)8-14(4)22(15)17/h8-9,12,16H,6-7,10-11H2,1-5H3/t16-/m1/s1. The number of imidazole rings is 1. The van der Waals surface area contributed by atoms with Crippen LogP contribution in [0.5, 0.6) is 0 Å². The first-order valence-corrected chi connectivity index (χ1v) is 8.19. The fourth-order valence-corrected chi connectivity index (χ4v) is 3.54. The van der Waals surface area contributed by atoms with Gasteiger partial charge in [-0.05, 0) is 32.9 Å². The van der Waals surface area contributed by atoms with Gasteiger partial charge < -0.3 is 4.90 Å². The van der Waals surface area contributed by atoms with Crippen LogP contribution in [0, 0.1) is 19.8 Å². The Bertz CT molecular complexity index is 660. The van der Waals surface area contributed by atoms with Crippen molar-refractivity contribution in [1.29, 1.82) is 0 Å². The summed E-state index contributed by atoms with van der Waals surface area (Å²) in [6.07, 6.45) is 1.99. The molecule has 22 heavy (non-hydrogen) atoms. The zero-order valence-corrected chi connectivity index (χ0v) is 14.4. The van der Waals surface area contributed by atoms with Crippen molar-refractivity contribution in [3.8, 4) is 0 Å². The Morgan fingerprint density at radius 1 is 1.27 bits per heavy atom. The normalized spacial score (nSPS) is 21.1. The fraction of sp³-hybridized carbons (Fsp3) is 0.647. The second kappa shape index (κ2) is 5.97. The first-order valence-electron chi connectivity index (χ1n) is 8.19. The molecule has 0 bridgehead atoms. The highest BCUT2D eigenvalue weighted by atomic mass is 15.3.